The van der Waals surface area contributed by atoms with Gasteiger partial charge in [0.1, 0.15) is 5.75 Å². The molecule has 2 aromatic rings. The number of urea groups is 1. The van der Waals surface area contributed by atoms with Crippen molar-refractivity contribution in [3.63, 3.8) is 0 Å². The molecule has 25 heavy (non-hydrogen) atoms. The van der Waals surface area contributed by atoms with Crippen LogP contribution >= 0.6 is 0 Å². The smallest absolute Gasteiger partial charge is 0.319 e. The first-order chi connectivity index (χ1) is 12.3. The van der Waals surface area contributed by atoms with Crippen molar-refractivity contribution in [2.24, 2.45) is 0 Å². The number of methoxy groups -OCH3 is 1. The van der Waals surface area contributed by atoms with Crippen LogP contribution in [0.5, 0.6) is 5.75 Å². The second-order valence-corrected chi connectivity index (χ2v) is 6.23. The number of hydrogen-bond donors (Lipinski definition) is 2. The fourth-order valence-electron chi connectivity index (χ4n) is 3.22. The highest BCUT2D eigenvalue weighted by Gasteiger charge is 2.24. The highest BCUT2D eigenvalue weighted by Crippen LogP contribution is 2.26. The van der Waals surface area contributed by atoms with Crippen LogP contribution in [-0.2, 0) is 0 Å². The third-order valence-corrected chi connectivity index (χ3v) is 4.57. The lowest BCUT2D eigenvalue weighted by molar-refractivity contribution is 0.227. The summed E-state index contributed by atoms with van der Waals surface area (Å²) in [6.45, 7) is 2.71. The molecule has 2 aromatic carbocycles. The minimum Gasteiger partial charge on any atom is -0.497 e. The molecule has 5 nitrogen and oxygen atoms in total. The Bertz CT molecular complexity index is 667. The third kappa shape index (κ3) is 4.73. The SMILES string of the molecule is COc1ccc(C(CNC(=O)Nc2ccccc2)N2CCCC2)cc1. The quantitative estimate of drug-likeness (QED) is 0.844. The van der Waals surface area contributed by atoms with Crippen molar-refractivity contribution in [2.45, 2.75) is 18.9 Å². The summed E-state index contributed by atoms with van der Waals surface area (Å²) in [5.74, 6) is 0.846. The van der Waals surface area contributed by atoms with Crippen LogP contribution in [0.2, 0.25) is 0 Å². The van der Waals surface area contributed by atoms with E-state index < -0.39 is 0 Å². The van der Waals surface area contributed by atoms with E-state index >= 15 is 0 Å². The van der Waals surface area contributed by atoms with E-state index in [9.17, 15) is 4.79 Å². The van der Waals surface area contributed by atoms with Crippen LogP contribution < -0.4 is 15.4 Å². The van der Waals surface area contributed by atoms with Crippen LogP contribution in [0.1, 0.15) is 24.4 Å². The predicted molar refractivity (Wildman–Crippen MR) is 100 cm³/mol. The van der Waals surface area contributed by atoms with Crippen LogP contribution in [0.25, 0.3) is 0 Å². The first-order valence-corrected chi connectivity index (χ1v) is 8.74. The molecule has 0 aliphatic carbocycles. The van der Waals surface area contributed by atoms with Gasteiger partial charge < -0.3 is 15.4 Å². The van der Waals surface area contributed by atoms with Gasteiger partial charge in [0.05, 0.1) is 13.2 Å². The lowest BCUT2D eigenvalue weighted by atomic mass is 10.1. The maximum Gasteiger partial charge on any atom is 0.319 e. The summed E-state index contributed by atoms with van der Waals surface area (Å²) in [4.78, 5) is 14.6. The van der Waals surface area contributed by atoms with E-state index in [-0.39, 0.29) is 12.1 Å². The summed E-state index contributed by atoms with van der Waals surface area (Å²) in [6.07, 6.45) is 2.42. The molecule has 1 saturated heterocycles. The van der Waals surface area contributed by atoms with Crippen molar-refractivity contribution in [1.82, 2.24) is 10.2 Å². The van der Waals surface area contributed by atoms with E-state index in [1.807, 2.05) is 42.5 Å². The predicted octanol–water partition coefficient (Wildman–Crippen LogP) is 3.65. The number of anilines is 1. The Kier molecular flexibility index (Phi) is 5.90. The van der Waals surface area contributed by atoms with Crippen LogP contribution in [0.3, 0.4) is 0 Å². The molecule has 1 unspecified atom stereocenters. The molecule has 2 amide bonds. The van der Waals surface area contributed by atoms with Crippen molar-refractivity contribution in [3.05, 3.63) is 60.2 Å². The van der Waals surface area contributed by atoms with E-state index in [2.05, 4.69) is 27.7 Å². The Morgan fingerprint density at radius 2 is 1.76 bits per heavy atom. The maximum absolute atomic E-state index is 12.2. The Balaban J connectivity index is 1.64. The molecule has 1 fully saturated rings. The number of para-hydroxylation sites is 1. The van der Waals surface area contributed by atoms with Gasteiger partial charge in [-0.05, 0) is 55.8 Å². The van der Waals surface area contributed by atoms with E-state index in [4.69, 9.17) is 4.74 Å². The van der Waals surface area contributed by atoms with Crippen LogP contribution in [0.15, 0.2) is 54.6 Å². The molecule has 0 spiro atoms. The lowest BCUT2D eigenvalue weighted by Crippen LogP contribution is -2.38. The fourth-order valence-corrected chi connectivity index (χ4v) is 3.22. The van der Waals surface area contributed by atoms with Gasteiger partial charge in [-0.3, -0.25) is 4.90 Å². The number of nitrogens with zero attached hydrogens (tertiary/aromatic N) is 1. The minimum absolute atomic E-state index is 0.176. The monoisotopic (exact) mass is 339 g/mol. The molecule has 1 atom stereocenters. The van der Waals surface area contributed by atoms with Crippen molar-refractivity contribution < 1.29 is 9.53 Å². The van der Waals surface area contributed by atoms with E-state index in [0.29, 0.717) is 6.54 Å². The fraction of sp³-hybridized carbons (Fsp3) is 0.350. The number of carbonyl (C=O) groups is 1. The highest BCUT2D eigenvalue weighted by molar-refractivity contribution is 5.89. The average Bonchev–Trinajstić information content (AvgIpc) is 3.18. The molecule has 1 aliphatic heterocycles. The zero-order valence-electron chi connectivity index (χ0n) is 14.6. The van der Waals surface area contributed by atoms with Crippen molar-refractivity contribution in [2.75, 3.05) is 32.1 Å². The summed E-state index contributed by atoms with van der Waals surface area (Å²) < 4.78 is 5.25. The van der Waals surface area contributed by atoms with Gasteiger partial charge in [0.15, 0.2) is 0 Å². The van der Waals surface area contributed by atoms with E-state index in [1.54, 1.807) is 7.11 Å². The molecule has 5 heteroatoms. The normalized spacial score (nSPS) is 15.6. The Labute approximate surface area is 149 Å². The Hall–Kier alpha value is -2.53. The summed E-state index contributed by atoms with van der Waals surface area (Å²) in [5, 5.41) is 5.88. The summed E-state index contributed by atoms with van der Waals surface area (Å²) in [6, 6.07) is 17.6. The van der Waals surface area contributed by atoms with Gasteiger partial charge in [0, 0.05) is 12.2 Å². The first-order valence-electron chi connectivity index (χ1n) is 8.74. The average molecular weight is 339 g/mol. The lowest BCUT2D eigenvalue weighted by Gasteiger charge is -2.28. The molecular formula is C20H25N3O2. The Morgan fingerprint density at radius 3 is 2.40 bits per heavy atom. The second-order valence-electron chi connectivity index (χ2n) is 6.23. The molecule has 0 aromatic heterocycles. The number of nitrogens with one attached hydrogen (secondary N) is 2. The molecule has 132 valence electrons. The second kappa shape index (κ2) is 8.53. The molecule has 0 radical (unpaired) electrons. The number of rotatable bonds is 6. The Morgan fingerprint density at radius 1 is 1.08 bits per heavy atom. The standard InChI is InChI=1S/C20H25N3O2/c1-25-18-11-9-16(10-12-18)19(23-13-5-6-14-23)15-21-20(24)22-17-7-3-2-4-8-17/h2-4,7-12,19H,5-6,13-15H2,1H3,(H2,21,22,24). The summed E-state index contributed by atoms with van der Waals surface area (Å²) in [5.41, 5.74) is 1.99. The van der Waals surface area contributed by atoms with Gasteiger partial charge >= 0.3 is 6.03 Å². The maximum atomic E-state index is 12.2. The third-order valence-electron chi connectivity index (χ3n) is 4.57. The first kappa shape index (κ1) is 17.3. The summed E-state index contributed by atoms with van der Waals surface area (Å²) in [7, 11) is 1.67. The molecule has 2 N–H and O–H groups in total. The number of carbonyl (C=O) groups excluding carboxylic acids is 1. The van der Waals surface area contributed by atoms with E-state index in [1.165, 1.54) is 18.4 Å². The van der Waals surface area contributed by atoms with Gasteiger partial charge in [0.25, 0.3) is 0 Å². The number of benzene rings is 2. The molecule has 0 bridgehead atoms. The highest BCUT2D eigenvalue weighted by atomic mass is 16.5. The van der Waals surface area contributed by atoms with Gasteiger partial charge in [-0.2, -0.15) is 0 Å². The van der Waals surface area contributed by atoms with Crippen LogP contribution in [0, 0.1) is 0 Å². The minimum atomic E-state index is -0.177. The van der Waals surface area contributed by atoms with Gasteiger partial charge in [-0.1, -0.05) is 30.3 Å². The topological polar surface area (TPSA) is 53.6 Å². The van der Waals surface area contributed by atoms with Gasteiger partial charge in [-0.15, -0.1) is 0 Å². The van der Waals surface area contributed by atoms with Gasteiger partial charge in [-0.25, -0.2) is 4.79 Å². The van der Waals surface area contributed by atoms with Crippen molar-refractivity contribution in [3.8, 4) is 5.75 Å². The molecule has 0 saturated carbocycles. The summed E-state index contributed by atoms with van der Waals surface area (Å²) >= 11 is 0. The molecular weight excluding hydrogens is 314 g/mol. The zero-order valence-corrected chi connectivity index (χ0v) is 14.6. The van der Waals surface area contributed by atoms with Crippen LogP contribution in [0.4, 0.5) is 10.5 Å². The number of amides is 2. The number of hydrogen-bond acceptors (Lipinski definition) is 3. The van der Waals surface area contributed by atoms with Crippen molar-refractivity contribution in [1.29, 1.82) is 0 Å². The van der Waals surface area contributed by atoms with Gasteiger partial charge in [0.2, 0.25) is 0 Å². The molecule has 3 rings (SSSR count). The number of ether oxygens (including phenoxy) is 1. The molecule has 1 heterocycles. The van der Waals surface area contributed by atoms with Crippen LogP contribution in [-0.4, -0.2) is 37.7 Å². The molecule has 1 aliphatic rings. The van der Waals surface area contributed by atoms with E-state index in [0.717, 1.165) is 24.5 Å². The largest absolute Gasteiger partial charge is 0.497 e. The number of likely N-dealkylation sites (tertiary alicyclic amines) is 1. The van der Waals surface area contributed by atoms with Crippen molar-refractivity contribution >= 4 is 11.7 Å². The zero-order chi connectivity index (χ0) is 17.5.